The van der Waals surface area contributed by atoms with Gasteiger partial charge in [-0.2, -0.15) is 0 Å². The zero-order chi connectivity index (χ0) is 16.3. The molecule has 1 aliphatic rings. The highest BCUT2D eigenvalue weighted by Gasteiger charge is 2.29. The van der Waals surface area contributed by atoms with Crippen molar-refractivity contribution in [3.8, 4) is 0 Å². The Morgan fingerprint density at radius 2 is 1.77 bits per heavy atom. The summed E-state index contributed by atoms with van der Waals surface area (Å²) in [7, 11) is 0. The van der Waals surface area contributed by atoms with E-state index in [-0.39, 0.29) is 18.0 Å². The average molecular weight is 319 g/mol. The van der Waals surface area contributed by atoms with E-state index in [2.05, 4.69) is 5.32 Å². The Kier molecular flexibility index (Phi) is 5.39. The van der Waals surface area contributed by atoms with Gasteiger partial charge < -0.3 is 10.1 Å². The van der Waals surface area contributed by atoms with Gasteiger partial charge in [0.15, 0.2) is 23.3 Å². The van der Waals surface area contributed by atoms with E-state index in [0.29, 0.717) is 32.5 Å². The van der Waals surface area contributed by atoms with Gasteiger partial charge in [-0.25, -0.2) is 17.6 Å². The summed E-state index contributed by atoms with van der Waals surface area (Å²) >= 11 is 0. The van der Waals surface area contributed by atoms with Crippen molar-refractivity contribution in [2.24, 2.45) is 5.92 Å². The SMILES string of the molecule is CC[C@@H](NC(=O)c1c(F)c(F)cc(F)c1F)C1CCOCC1. The van der Waals surface area contributed by atoms with Gasteiger partial charge >= 0.3 is 0 Å². The first kappa shape index (κ1) is 16.7. The third-order valence-electron chi connectivity index (χ3n) is 3.93. The zero-order valence-corrected chi connectivity index (χ0v) is 12.1. The Hall–Kier alpha value is -1.63. The molecule has 1 amide bonds. The van der Waals surface area contributed by atoms with E-state index in [4.69, 9.17) is 4.74 Å². The predicted molar refractivity (Wildman–Crippen MR) is 71.4 cm³/mol. The summed E-state index contributed by atoms with van der Waals surface area (Å²) < 4.78 is 58.8. The number of hydrogen-bond acceptors (Lipinski definition) is 2. The second-order valence-electron chi connectivity index (χ2n) is 5.28. The molecule has 3 nitrogen and oxygen atoms in total. The molecule has 1 atom stereocenters. The summed E-state index contributed by atoms with van der Waals surface area (Å²) in [5.74, 6) is -7.60. The van der Waals surface area contributed by atoms with Gasteiger partial charge in [-0.1, -0.05) is 6.92 Å². The molecule has 1 aromatic rings. The van der Waals surface area contributed by atoms with E-state index in [9.17, 15) is 22.4 Å². The maximum Gasteiger partial charge on any atom is 0.257 e. The first-order chi connectivity index (χ1) is 10.5. The molecule has 0 saturated carbocycles. The Labute approximate surface area is 125 Å². The van der Waals surface area contributed by atoms with E-state index in [0.717, 1.165) is 0 Å². The molecular formula is C15H17F4NO2. The number of ether oxygens (including phenoxy) is 1. The van der Waals surface area contributed by atoms with Gasteiger partial charge in [-0.3, -0.25) is 4.79 Å². The van der Waals surface area contributed by atoms with Crippen LogP contribution in [0.3, 0.4) is 0 Å². The minimum absolute atomic E-state index is 0.0806. The standard InChI is InChI=1S/C15H17F4NO2/c1-2-11(8-3-5-22-6-4-8)20-15(21)12-13(18)9(16)7-10(17)14(12)19/h7-8,11H,2-6H2,1H3,(H,20,21)/t11-/m1/s1. The highest BCUT2D eigenvalue weighted by Crippen LogP contribution is 2.23. The molecule has 0 aromatic heterocycles. The number of halogens is 4. The van der Waals surface area contributed by atoms with Crippen molar-refractivity contribution >= 4 is 5.91 Å². The van der Waals surface area contributed by atoms with E-state index in [1.807, 2.05) is 6.92 Å². The summed E-state index contributed by atoms with van der Waals surface area (Å²) in [4.78, 5) is 12.0. The van der Waals surface area contributed by atoms with Crippen LogP contribution in [-0.4, -0.2) is 25.2 Å². The number of carbonyl (C=O) groups excluding carboxylic acids is 1. The first-order valence-corrected chi connectivity index (χ1v) is 7.17. The largest absolute Gasteiger partial charge is 0.381 e. The highest BCUT2D eigenvalue weighted by molar-refractivity contribution is 5.95. The van der Waals surface area contributed by atoms with Gasteiger partial charge in [0.1, 0.15) is 5.56 Å². The number of amides is 1. The van der Waals surface area contributed by atoms with Crippen LogP contribution in [0.4, 0.5) is 17.6 Å². The summed E-state index contributed by atoms with van der Waals surface area (Å²) in [6, 6.07) is -0.251. The average Bonchev–Trinajstić information content (AvgIpc) is 2.52. The Balaban J connectivity index is 2.20. The van der Waals surface area contributed by atoms with Crippen molar-refractivity contribution in [2.45, 2.75) is 32.2 Å². The van der Waals surface area contributed by atoms with Crippen LogP contribution in [0.2, 0.25) is 0 Å². The van der Waals surface area contributed by atoms with Crippen LogP contribution < -0.4 is 5.32 Å². The second-order valence-corrected chi connectivity index (χ2v) is 5.28. The van der Waals surface area contributed by atoms with E-state index in [1.165, 1.54) is 0 Å². The number of hydrogen-bond donors (Lipinski definition) is 1. The van der Waals surface area contributed by atoms with Crippen LogP contribution in [0.1, 0.15) is 36.5 Å². The van der Waals surface area contributed by atoms with Gasteiger partial charge in [-0.05, 0) is 25.2 Å². The first-order valence-electron chi connectivity index (χ1n) is 7.17. The Morgan fingerprint density at radius 1 is 1.23 bits per heavy atom. The molecule has 0 aliphatic carbocycles. The molecule has 1 saturated heterocycles. The molecule has 1 heterocycles. The maximum atomic E-state index is 13.6. The molecule has 1 aromatic carbocycles. The molecule has 1 N–H and O–H groups in total. The van der Waals surface area contributed by atoms with Gasteiger partial charge in [0.2, 0.25) is 0 Å². The third-order valence-corrected chi connectivity index (χ3v) is 3.93. The number of rotatable bonds is 4. The molecule has 1 fully saturated rings. The van der Waals surface area contributed by atoms with Crippen molar-refractivity contribution in [2.75, 3.05) is 13.2 Å². The molecule has 1 aliphatic heterocycles. The van der Waals surface area contributed by atoms with E-state index >= 15 is 0 Å². The van der Waals surface area contributed by atoms with E-state index in [1.54, 1.807) is 0 Å². The van der Waals surface area contributed by atoms with Crippen LogP contribution in [0.25, 0.3) is 0 Å². The van der Waals surface area contributed by atoms with Crippen LogP contribution in [0.5, 0.6) is 0 Å². The molecule has 0 unspecified atom stereocenters. The lowest BCUT2D eigenvalue weighted by atomic mass is 9.90. The number of nitrogens with one attached hydrogen (secondary N) is 1. The molecular weight excluding hydrogens is 302 g/mol. The summed E-state index contributed by atoms with van der Waals surface area (Å²) in [6.07, 6.45) is 1.96. The van der Waals surface area contributed by atoms with Crippen molar-refractivity contribution in [1.82, 2.24) is 5.32 Å². The molecule has 0 radical (unpaired) electrons. The van der Waals surface area contributed by atoms with Gasteiger partial charge in [-0.15, -0.1) is 0 Å². The fourth-order valence-corrected chi connectivity index (χ4v) is 2.68. The van der Waals surface area contributed by atoms with Crippen molar-refractivity contribution in [3.05, 3.63) is 34.9 Å². The smallest absolute Gasteiger partial charge is 0.257 e. The van der Waals surface area contributed by atoms with E-state index < -0.39 is 34.7 Å². The fourth-order valence-electron chi connectivity index (χ4n) is 2.68. The molecule has 22 heavy (non-hydrogen) atoms. The molecule has 0 bridgehead atoms. The molecule has 0 spiro atoms. The summed E-state index contributed by atoms with van der Waals surface area (Å²) in [5.41, 5.74) is -1.22. The zero-order valence-electron chi connectivity index (χ0n) is 12.1. The van der Waals surface area contributed by atoms with Crippen LogP contribution in [0, 0.1) is 29.2 Å². The lowest BCUT2D eigenvalue weighted by Gasteiger charge is -2.30. The minimum Gasteiger partial charge on any atom is -0.381 e. The third kappa shape index (κ3) is 3.40. The normalized spacial score (nSPS) is 17.3. The lowest BCUT2D eigenvalue weighted by molar-refractivity contribution is 0.0509. The maximum absolute atomic E-state index is 13.6. The Morgan fingerprint density at radius 3 is 2.27 bits per heavy atom. The van der Waals surface area contributed by atoms with Gasteiger partial charge in [0.05, 0.1) is 0 Å². The quantitative estimate of drug-likeness (QED) is 0.684. The van der Waals surface area contributed by atoms with Crippen LogP contribution >= 0.6 is 0 Å². The predicted octanol–water partition coefficient (Wildman–Crippen LogP) is 3.18. The topological polar surface area (TPSA) is 38.3 Å². The fraction of sp³-hybridized carbons (Fsp3) is 0.533. The molecule has 122 valence electrons. The highest BCUT2D eigenvalue weighted by atomic mass is 19.2. The number of benzene rings is 1. The van der Waals surface area contributed by atoms with Crippen LogP contribution in [-0.2, 0) is 4.74 Å². The lowest BCUT2D eigenvalue weighted by Crippen LogP contribution is -2.42. The van der Waals surface area contributed by atoms with Gasteiger partial charge in [0.25, 0.3) is 5.91 Å². The van der Waals surface area contributed by atoms with Gasteiger partial charge in [0, 0.05) is 25.3 Å². The monoisotopic (exact) mass is 319 g/mol. The minimum atomic E-state index is -1.68. The summed E-state index contributed by atoms with van der Waals surface area (Å²) in [6.45, 7) is 2.92. The molecule has 7 heteroatoms. The number of carbonyl (C=O) groups is 1. The van der Waals surface area contributed by atoms with Crippen molar-refractivity contribution in [3.63, 3.8) is 0 Å². The second kappa shape index (κ2) is 7.09. The van der Waals surface area contributed by atoms with Crippen molar-refractivity contribution in [1.29, 1.82) is 0 Å². The Bertz CT molecular complexity index is 533. The van der Waals surface area contributed by atoms with Crippen molar-refractivity contribution < 1.29 is 27.1 Å². The summed E-state index contributed by atoms with van der Waals surface area (Å²) in [5, 5.41) is 2.48. The molecule has 2 rings (SSSR count). The van der Waals surface area contributed by atoms with Crippen LogP contribution in [0.15, 0.2) is 6.07 Å².